The van der Waals surface area contributed by atoms with Crippen LogP contribution in [-0.4, -0.2) is 40.8 Å². The summed E-state index contributed by atoms with van der Waals surface area (Å²) in [7, 11) is 0. The third-order valence-corrected chi connectivity index (χ3v) is 4.25. The van der Waals surface area contributed by atoms with Gasteiger partial charge in [0.05, 0.1) is 12.4 Å². The van der Waals surface area contributed by atoms with E-state index in [4.69, 9.17) is 9.84 Å². The molecule has 1 unspecified atom stereocenters. The zero-order valence-electron chi connectivity index (χ0n) is 10.6. The van der Waals surface area contributed by atoms with Crippen molar-refractivity contribution >= 4 is 11.8 Å². The van der Waals surface area contributed by atoms with Gasteiger partial charge in [-0.2, -0.15) is 0 Å². The molecular weight excluding hydrogens is 246 g/mol. The molecule has 1 spiro atoms. The molecule has 1 saturated heterocycles. The Morgan fingerprint density at radius 2 is 2.21 bits per heavy atom. The molecular formula is C13H17N3O3. The second-order valence-corrected chi connectivity index (χ2v) is 5.35. The Balaban J connectivity index is 1.51. The van der Waals surface area contributed by atoms with E-state index in [0.29, 0.717) is 17.2 Å². The Bertz CT molecular complexity index is 469. The lowest BCUT2D eigenvalue weighted by Crippen LogP contribution is -2.21. The quantitative estimate of drug-likeness (QED) is 0.854. The van der Waals surface area contributed by atoms with Crippen molar-refractivity contribution in [1.82, 2.24) is 9.97 Å². The molecule has 1 aliphatic heterocycles. The highest BCUT2D eigenvalue weighted by Gasteiger charge is 2.53. The van der Waals surface area contributed by atoms with E-state index in [2.05, 4.69) is 15.3 Å². The van der Waals surface area contributed by atoms with Crippen molar-refractivity contribution in [2.24, 2.45) is 11.3 Å². The van der Waals surface area contributed by atoms with Gasteiger partial charge < -0.3 is 15.2 Å². The maximum Gasteiger partial charge on any atom is 0.356 e. The second-order valence-electron chi connectivity index (χ2n) is 5.35. The molecule has 0 amide bonds. The van der Waals surface area contributed by atoms with Crippen LogP contribution in [0.3, 0.4) is 0 Å². The second kappa shape index (κ2) is 4.77. The molecule has 19 heavy (non-hydrogen) atoms. The van der Waals surface area contributed by atoms with E-state index in [-0.39, 0.29) is 5.69 Å². The van der Waals surface area contributed by atoms with Gasteiger partial charge in [-0.1, -0.05) is 0 Å². The molecule has 2 heterocycles. The minimum Gasteiger partial charge on any atom is -0.476 e. The van der Waals surface area contributed by atoms with Crippen LogP contribution >= 0.6 is 0 Å². The van der Waals surface area contributed by atoms with Gasteiger partial charge in [-0.3, -0.25) is 0 Å². The zero-order chi connectivity index (χ0) is 13.3. The van der Waals surface area contributed by atoms with Crippen LogP contribution in [0.15, 0.2) is 12.4 Å². The smallest absolute Gasteiger partial charge is 0.356 e. The standard InChI is InChI=1S/C13H17N3O3/c17-12(18)10-7-16-11(8-14-10)15-6-9-5-13(9)1-3-19-4-2-13/h7-9H,1-6H2,(H,15,16)(H,17,18). The van der Waals surface area contributed by atoms with Gasteiger partial charge in [0.2, 0.25) is 0 Å². The van der Waals surface area contributed by atoms with E-state index < -0.39 is 5.97 Å². The van der Waals surface area contributed by atoms with E-state index in [1.165, 1.54) is 18.8 Å². The van der Waals surface area contributed by atoms with Crippen LogP contribution < -0.4 is 5.32 Å². The van der Waals surface area contributed by atoms with Crippen LogP contribution in [0, 0.1) is 11.3 Å². The Labute approximate surface area is 111 Å². The number of carboxylic acids is 1. The van der Waals surface area contributed by atoms with Crippen molar-refractivity contribution < 1.29 is 14.6 Å². The first-order chi connectivity index (χ1) is 9.20. The molecule has 0 bridgehead atoms. The molecule has 0 radical (unpaired) electrons. The topological polar surface area (TPSA) is 84.3 Å². The number of aromatic nitrogens is 2. The van der Waals surface area contributed by atoms with E-state index in [0.717, 1.165) is 32.6 Å². The molecule has 6 heteroatoms. The fraction of sp³-hybridized carbons (Fsp3) is 0.615. The fourth-order valence-corrected chi connectivity index (χ4v) is 2.87. The van der Waals surface area contributed by atoms with E-state index in [1.54, 1.807) is 0 Å². The summed E-state index contributed by atoms with van der Waals surface area (Å²) >= 11 is 0. The molecule has 2 aliphatic rings. The maximum atomic E-state index is 10.7. The number of ether oxygens (including phenoxy) is 1. The third kappa shape index (κ3) is 2.53. The highest BCUT2D eigenvalue weighted by atomic mass is 16.5. The van der Waals surface area contributed by atoms with Gasteiger partial charge >= 0.3 is 5.97 Å². The summed E-state index contributed by atoms with van der Waals surface area (Å²) in [6, 6.07) is 0. The maximum absolute atomic E-state index is 10.7. The third-order valence-electron chi connectivity index (χ3n) is 4.25. The largest absolute Gasteiger partial charge is 0.476 e. The van der Waals surface area contributed by atoms with Crippen molar-refractivity contribution in [2.45, 2.75) is 19.3 Å². The minimum absolute atomic E-state index is 0.0297. The summed E-state index contributed by atoms with van der Waals surface area (Å²) < 4.78 is 5.39. The number of hydrogen-bond acceptors (Lipinski definition) is 5. The molecule has 3 rings (SSSR count). The number of nitrogens with zero attached hydrogens (tertiary/aromatic N) is 2. The van der Waals surface area contributed by atoms with Gasteiger partial charge in [0, 0.05) is 19.8 Å². The fourth-order valence-electron chi connectivity index (χ4n) is 2.87. The number of anilines is 1. The first-order valence-electron chi connectivity index (χ1n) is 6.57. The molecule has 1 aromatic rings. The summed E-state index contributed by atoms with van der Waals surface area (Å²) in [6.07, 6.45) is 6.32. The molecule has 6 nitrogen and oxygen atoms in total. The Hall–Kier alpha value is -1.69. The number of rotatable bonds is 4. The Morgan fingerprint density at radius 3 is 2.84 bits per heavy atom. The molecule has 0 aromatic carbocycles. The average Bonchev–Trinajstić information content (AvgIpc) is 3.10. The summed E-state index contributed by atoms with van der Waals surface area (Å²) in [5.74, 6) is 0.263. The van der Waals surface area contributed by atoms with Gasteiger partial charge in [0.1, 0.15) is 5.82 Å². The highest BCUT2D eigenvalue weighted by Crippen LogP contribution is 2.58. The SMILES string of the molecule is O=C(O)c1cnc(NCC2CC23CCOCC3)cn1. The average molecular weight is 263 g/mol. The van der Waals surface area contributed by atoms with Crippen LogP contribution in [-0.2, 0) is 4.74 Å². The van der Waals surface area contributed by atoms with Crippen molar-refractivity contribution in [2.75, 3.05) is 25.1 Å². The van der Waals surface area contributed by atoms with Gasteiger partial charge in [0.15, 0.2) is 5.69 Å². The molecule has 1 aromatic heterocycles. The lowest BCUT2D eigenvalue weighted by atomic mass is 9.94. The number of hydrogen-bond donors (Lipinski definition) is 2. The summed E-state index contributed by atoms with van der Waals surface area (Å²) in [4.78, 5) is 18.5. The molecule has 102 valence electrons. The molecule has 1 saturated carbocycles. The van der Waals surface area contributed by atoms with Gasteiger partial charge in [-0.05, 0) is 30.6 Å². The predicted molar refractivity (Wildman–Crippen MR) is 68.1 cm³/mol. The normalized spacial score (nSPS) is 24.1. The summed E-state index contributed by atoms with van der Waals surface area (Å²) in [5, 5.41) is 12.0. The van der Waals surface area contributed by atoms with Crippen LogP contribution in [0.25, 0.3) is 0 Å². The molecule has 2 N–H and O–H groups in total. The predicted octanol–water partition coefficient (Wildman–Crippen LogP) is 1.40. The van der Waals surface area contributed by atoms with E-state index >= 15 is 0 Å². The molecule has 1 atom stereocenters. The Kier molecular flexibility index (Phi) is 3.10. The highest BCUT2D eigenvalue weighted by molar-refractivity contribution is 5.84. The molecule has 2 fully saturated rings. The van der Waals surface area contributed by atoms with Crippen LogP contribution in [0.1, 0.15) is 29.8 Å². The minimum atomic E-state index is -1.05. The lowest BCUT2D eigenvalue weighted by Gasteiger charge is -2.23. The number of nitrogens with one attached hydrogen (secondary N) is 1. The lowest BCUT2D eigenvalue weighted by molar-refractivity contribution is 0.0527. The van der Waals surface area contributed by atoms with Crippen LogP contribution in [0.4, 0.5) is 5.82 Å². The zero-order valence-corrected chi connectivity index (χ0v) is 10.6. The first kappa shape index (κ1) is 12.3. The van der Waals surface area contributed by atoms with E-state index in [1.807, 2.05) is 0 Å². The first-order valence-corrected chi connectivity index (χ1v) is 6.57. The van der Waals surface area contributed by atoms with Crippen molar-refractivity contribution in [1.29, 1.82) is 0 Å². The van der Waals surface area contributed by atoms with Crippen LogP contribution in [0.5, 0.6) is 0 Å². The Morgan fingerprint density at radius 1 is 1.42 bits per heavy atom. The molecule has 1 aliphatic carbocycles. The summed E-state index contributed by atoms with van der Waals surface area (Å²) in [5.41, 5.74) is 0.456. The van der Waals surface area contributed by atoms with Gasteiger partial charge in [-0.15, -0.1) is 0 Å². The van der Waals surface area contributed by atoms with Gasteiger partial charge in [0.25, 0.3) is 0 Å². The van der Waals surface area contributed by atoms with Crippen molar-refractivity contribution in [3.63, 3.8) is 0 Å². The number of carboxylic acid groups (broad SMARTS) is 1. The summed E-state index contributed by atoms with van der Waals surface area (Å²) in [6.45, 7) is 2.63. The number of carbonyl (C=O) groups is 1. The number of aromatic carboxylic acids is 1. The van der Waals surface area contributed by atoms with E-state index in [9.17, 15) is 4.79 Å². The van der Waals surface area contributed by atoms with Crippen LogP contribution in [0.2, 0.25) is 0 Å². The monoisotopic (exact) mass is 263 g/mol. The van der Waals surface area contributed by atoms with Crippen molar-refractivity contribution in [3.8, 4) is 0 Å². The van der Waals surface area contributed by atoms with Crippen molar-refractivity contribution in [3.05, 3.63) is 18.1 Å². The van der Waals surface area contributed by atoms with Gasteiger partial charge in [-0.25, -0.2) is 14.8 Å².